The zero-order chi connectivity index (χ0) is 25.5. The molecule has 0 bridgehead atoms. The molecule has 1 aliphatic rings. The normalized spacial score (nSPS) is 13.5. The number of ether oxygens (including phenoxy) is 4. The zero-order valence-electron chi connectivity index (χ0n) is 19.5. The van der Waals surface area contributed by atoms with Gasteiger partial charge in [0.2, 0.25) is 0 Å². The van der Waals surface area contributed by atoms with E-state index >= 15 is 0 Å². The van der Waals surface area contributed by atoms with Crippen LogP contribution in [-0.4, -0.2) is 57.4 Å². The van der Waals surface area contributed by atoms with E-state index in [-0.39, 0.29) is 17.1 Å². The lowest BCUT2D eigenvalue weighted by molar-refractivity contribution is -0.140. The first-order valence-corrected chi connectivity index (χ1v) is 10.2. The van der Waals surface area contributed by atoms with Gasteiger partial charge in [-0.25, -0.2) is 29.2 Å². The highest BCUT2D eigenvalue weighted by atomic mass is 16.5. The Morgan fingerprint density at radius 1 is 0.629 bits per heavy atom. The summed E-state index contributed by atoms with van der Waals surface area (Å²) >= 11 is 0. The van der Waals surface area contributed by atoms with Gasteiger partial charge in [-0.15, -0.1) is 0 Å². The fraction of sp³-hybridized carbons (Fsp3) is 0.167. The van der Waals surface area contributed by atoms with E-state index in [1.165, 1.54) is 10.0 Å². The number of hydrogen-bond donors (Lipinski definition) is 0. The third kappa shape index (κ3) is 4.78. The molecule has 2 aromatic carbocycles. The molecule has 0 N–H and O–H groups in total. The number of carbonyl (C=O) groups is 4. The number of methoxy groups -OCH3 is 4. The predicted octanol–water partition coefficient (Wildman–Crippen LogP) is 1.93. The zero-order valence-corrected chi connectivity index (χ0v) is 19.5. The summed E-state index contributed by atoms with van der Waals surface area (Å²) in [7, 11) is 4.56. The number of rotatable bonds is 7. The van der Waals surface area contributed by atoms with Crippen LogP contribution < -0.4 is 10.0 Å². The lowest BCUT2D eigenvalue weighted by Crippen LogP contribution is -2.49. The topological polar surface area (TPSA) is 115 Å². The third-order valence-corrected chi connectivity index (χ3v) is 4.85. The van der Waals surface area contributed by atoms with Crippen LogP contribution in [0.3, 0.4) is 0 Å². The molecule has 0 saturated carbocycles. The van der Waals surface area contributed by atoms with E-state index in [4.69, 9.17) is 18.9 Å². The van der Waals surface area contributed by atoms with Crippen molar-refractivity contribution in [2.24, 2.45) is 0 Å². The Morgan fingerprint density at radius 2 is 1.06 bits per heavy atom. The fourth-order valence-electron chi connectivity index (χ4n) is 3.34. The summed E-state index contributed by atoms with van der Waals surface area (Å²) < 4.78 is 19.6. The minimum absolute atomic E-state index is 0.269. The molecule has 0 saturated heterocycles. The Hall–Kier alpha value is -4.80. The lowest BCUT2D eigenvalue weighted by Gasteiger charge is -2.38. The van der Waals surface area contributed by atoms with Gasteiger partial charge < -0.3 is 18.9 Å². The van der Waals surface area contributed by atoms with Crippen molar-refractivity contribution >= 4 is 35.3 Å². The van der Waals surface area contributed by atoms with Gasteiger partial charge in [-0.3, -0.25) is 0 Å². The molecule has 2 aromatic rings. The summed E-state index contributed by atoms with van der Waals surface area (Å²) in [6.45, 7) is 0. The van der Waals surface area contributed by atoms with Crippen molar-refractivity contribution in [1.29, 1.82) is 0 Å². The van der Waals surface area contributed by atoms with Crippen LogP contribution in [0.15, 0.2) is 83.8 Å². The number of para-hydroxylation sites is 2. The molecule has 0 aromatic heterocycles. The number of esters is 4. The summed E-state index contributed by atoms with van der Waals surface area (Å²) in [5.41, 5.74) is -0.199. The van der Waals surface area contributed by atoms with Gasteiger partial charge in [0.05, 0.1) is 45.9 Å². The number of nitrogens with zero attached hydrogens (tertiary/aromatic N) is 3. The van der Waals surface area contributed by atoms with Crippen LogP contribution in [0.1, 0.15) is 0 Å². The van der Waals surface area contributed by atoms with Gasteiger partial charge in [0.15, 0.2) is 17.1 Å². The van der Waals surface area contributed by atoms with Crippen LogP contribution in [-0.2, 0) is 38.1 Å². The van der Waals surface area contributed by atoms with Gasteiger partial charge in [0.1, 0.15) is 0 Å². The molecule has 0 spiro atoms. The maximum atomic E-state index is 13.1. The maximum Gasteiger partial charge on any atom is 0.359 e. The van der Waals surface area contributed by atoms with Crippen molar-refractivity contribution in [3.05, 3.63) is 83.8 Å². The quantitative estimate of drug-likeness (QED) is 0.328. The van der Waals surface area contributed by atoms with Gasteiger partial charge in [-0.1, -0.05) is 36.4 Å². The Morgan fingerprint density at radius 3 is 1.40 bits per heavy atom. The van der Waals surface area contributed by atoms with Gasteiger partial charge in [-0.05, 0) is 24.3 Å². The second-order valence-electron chi connectivity index (χ2n) is 6.81. The van der Waals surface area contributed by atoms with Crippen LogP contribution in [0.2, 0.25) is 0 Å². The van der Waals surface area contributed by atoms with E-state index in [1.807, 2.05) is 0 Å². The molecule has 1 aliphatic heterocycles. The highest BCUT2D eigenvalue weighted by Crippen LogP contribution is 2.40. The molecule has 0 radical (unpaired) electrons. The van der Waals surface area contributed by atoms with E-state index in [9.17, 15) is 19.2 Å². The van der Waals surface area contributed by atoms with Crippen molar-refractivity contribution in [2.75, 3.05) is 38.5 Å². The van der Waals surface area contributed by atoms with Crippen LogP contribution >= 0.6 is 0 Å². The molecule has 182 valence electrons. The first-order valence-electron chi connectivity index (χ1n) is 10.2. The first-order chi connectivity index (χ1) is 16.9. The summed E-state index contributed by atoms with van der Waals surface area (Å²) in [4.78, 5) is 51.4. The standard InChI is InChI=1S/C24H23N3O8/c1-32-19(28)15-18(22(29)33-2)27-25(16-11-7-5-8-12-16)20(23(30)34-3)21(24(31)35-4)26(27)17-13-9-6-10-14-17/h5-15H,1-4H3/b18-15+. The van der Waals surface area contributed by atoms with E-state index in [0.29, 0.717) is 11.4 Å². The molecule has 0 aliphatic carbocycles. The third-order valence-electron chi connectivity index (χ3n) is 4.85. The van der Waals surface area contributed by atoms with E-state index in [2.05, 4.69) is 0 Å². The second kappa shape index (κ2) is 10.9. The van der Waals surface area contributed by atoms with Crippen molar-refractivity contribution in [3.63, 3.8) is 0 Å². The number of hydrogen-bond acceptors (Lipinski definition) is 11. The summed E-state index contributed by atoms with van der Waals surface area (Å²) in [5, 5.41) is 3.64. The van der Waals surface area contributed by atoms with Gasteiger partial charge in [-0.2, -0.15) is 5.12 Å². The van der Waals surface area contributed by atoms with Crippen LogP contribution in [0, 0.1) is 0 Å². The largest absolute Gasteiger partial charge is 0.466 e. The minimum atomic E-state index is -0.951. The van der Waals surface area contributed by atoms with E-state index < -0.39 is 23.9 Å². The van der Waals surface area contributed by atoms with Crippen molar-refractivity contribution in [2.45, 2.75) is 0 Å². The van der Waals surface area contributed by atoms with Crippen LogP contribution in [0.4, 0.5) is 11.4 Å². The average Bonchev–Trinajstić information content (AvgIpc) is 3.26. The van der Waals surface area contributed by atoms with E-state index in [1.54, 1.807) is 60.7 Å². The SMILES string of the molecule is COC(=O)/C=C(\C(=O)OC)N1N(c2ccccc2)C(C(=O)OC)=C(C(=O)OC)N1c1ccccc1. The number of benzene rings is 2. The summed E-state index contributed by atoms with van der Waals surface area (Å²) in [5.74, 6) is -3.63. The molecular weight excluding hydrogens is 458 g/mol. The molecular formula is C24H23N3O8. The highest BCUT2D eigenvalue weighted by molar-refractivity contribution is 6.08. The monoisotopic (exact) mass is 481 g/mol. The summed E-state index contributed by atoms with van der Waals surface area (Å²) in [6, 6.07) is 16.8. The Balaban J connectivity index is 2.45. The van der Waals surface area contributed by atoms with Gasteiger partial charge in [0.25, 0.3) is 0 Å². The number of anilines is 2. The van der Waals surface area contributed by atoms with Crippen molar-refractivity contribution < 1.29 is 38.1 Å². The Bertz CT molecular complexity index is 1110. The number of hydrazine groups is 2. The molecule has 3 rings (SSSR count). The van der Waals surface area contributed by atoms with Crippen LogP contribution in [0.5, 0.6) is 0 Å². The smallest absolute Gasteiger partial charge is 0.359 e. The number of carbonyl (C=O) groups excluding carboxylic acids is 4. The molecule has 35 heavy (non-hydrogen) atoms. The average molecular weight is 481 g/mol. The van der Waals surface area contributed by atoms with E-state index in [0.717, 1.165) is 39.6 Å². The fourth-order valence-corrected chi connectivity index (χ4v) is 3.34. The minimum Gasteiger partial charge on any atom is -0.466 e. The summed E-state index contributed by atoms with van der Waals surface area (Å²) in [6.07, 6.45) is 0.882. The maximum absolute atomic E-state index is 13.1. The van der Waals surface area contributed by atoms with Gasteiger partial charge >= 0.3 is 23.9 Å². The van der Waals surface area contributed by atoms with Gasteiger partial charge in [0, 0.05) is 0 Å². The molecule has 0 amide bonds. The molecule has 11 heteroatoms. The molecule has 0 atom stereocenters. The Labute approximate surface area is 201 Å². The highest BCUT2D eigenvalue weighted by Gasteiger charge is 2.48. The lowest BCUT2D eigenvalue weighted by atomic mass is 10.2. The molecule has 11 nitrogen and oxygen atoms in total. The molecule has 0 unspecified atom stereocenters. The Kier molecular flexibility index (Phi) is 7.72. The van der Waals surface area contributed by atoms with Crippen molar-refractivity contribution in [1.82, 2.24) is 5.12 Å². The van der Waals surface area contributed by atoms with Crippen LogP contribution in [0.25, 0.3) is 0 Å². The molecule has 1 heterocycles. The molecule has 0 fully saturated rings. The second-order valence-corrected chi connectivity index (χ2v) is 6.81. The predicted molar refractivity (Wildman–Crippen MR) is 123 cm³/mol. The van der Waals surface area contributed by atoms with Crippen molar-refractivity contribution in [3.8, 4) is 0 Å². The first kappa shape index (κ1) is 24.8.